The second kappa shape index (κ2) is 9.97. The molecule has 0 bridgehead atoms. The molecule has 2 N–H and O–H groups in total. The molecule has 1 saturated heterocycles. The first-order valence-electron chi connectivity index (χ1n) is 12.6. The van der Waals surface area contributed by atoms with Crippen LogP contribution in [-0.4, -0.2) is 36.5 Å². The lowest BCUT2D eigenvalue weighted by Crippen LogP contribution is -2.46. The first kappa shape index (κ1) is 23.8. The van der Waals surface area contributed by atoms with Gasteiger partial charge < -0.3 is 10.6 Å². The van der Waals surface area contributed by atoms with Crippen molar-refractivity contribution in [3.63, 3.8) is 0 Å². The number of rotatable bonds is 7. The van der Waals surface area contributed by atoms with E-state index in [0.717, 1.165) is 60.3 Å². The van der Waals surface area contributed by atoms with Gasteiger partial charge in [0.05, 0.1) is 11.4 Å². The fraction of sp³-hybridized carbons (Fsp3) is 0.464. The quantitative estimate of drug-likeness (QED) is 0.610. The van der Waals surface area contributed by atoms with Crippen LogP contribution in [0.2, 0.25) is 0 Å². The molecule has 2 aromatic rings. The Morgan fingerprint density at radius 3 is 2.63 bits per heavy atom. The third-order valence-electron chi connectivity index (χ3n) is 7.57. The normalized spacial score (nSPS) is 26.3. The number of nitrogens with one attached hydrogen (secondary N) is 2. The number of piperidine rings is 1. The van der Waals surface area contributed by atoms with Crippen LogP contribution >= 0.6 is 0 Å². The van der Waals surface area contributed by atoms with E-state index in [1.54, 1.807) is 6.07 Å². The van der Waals surface area contributed by atoms with E-state index in [2.05, 4.69) is 29.7 Å². The molecule has 1 aliphatic carbocycles. The minimum atomic E-state index is -0.817. The fourth-order valence-corrected chi connectivity index (χ4v) is 5.68. The lowest BCUT2D eigenvalue weighted by molar-refractivity contribution is -0.118. The van der Waals surface area contributed by atoms with Gasteiger partial charge in [-0.25, -0.2) is 8.78 Å². The SMILES string of the molecule is CC(=O)NCCc1ccccc1C1=NN=C([C@H]2CN[C@@H](C)C[C@H]2c2ccc(F)c(F)c2)C1C1CC1. The smallest absolute Gasteiger partial charge is 0.216 e. The van der Waals surface area contributed by atoms with Crippen LogP contribution in [0.3, 0.4) is 0 Å². The topological polar surface area (TPSA) is 65.8 Å². The van der Waals surface area contributed by atoms with E-state index in [-0.39, 0.29) is 29.7 Å². The fourth-order valence-electron chi connectivity index (χ4n) is 5.68. The van der Waals surface area contributed by atoms with E-state index in [0.29, 0.717) is 12.5 Å². The molecule has 4 atom stereocenters. The highest BCUT2D eigenvalue weighted by molar-refractivity contribution is 6.19. The van der Waals surface area contributed by atoms with Gasteiger partial charge in [-0.15, -0.1) is 0 Å². The summed E-state index contributed by atoms with van der Waals surface area (Å²) in [5, 5.41) is 16.0. The Morgan fingerprint density at radius 2 is 1.89 bits per heavy atom. The number of hydrogen-bond donors (Lipinski definition) is 2. The van der Waals surface area contributed by atoms with Gasteiger partial charge in [-0.05, 0) is 67.7 Å². The Morgan fingerprint density at radius 1 is 1.09 bits per heavy atom. The number of carbonyl (C=O) groups is 1. The molecule has 35 heavy (non-hydrogen) atoms. The third-order valence-corrected chi connectivity index (χ3v) is 7.57. The van der Waals surface area contributed by atoms with E-state index < -0.39 is 11.6 Å². The van der Waals surface area contributed by atoms with Crippen molar-refractivity contribution in [1.29, 1.82) is 0 Å². The summed E-state index contributed by atoms with van der Waals surface area (Å²) in [6.07, 6.45) is 3.84. The van der Waals surface area contributed by atoms with Crippen LogP contribution in [0.15, 0.2) is 52.7 Å². The van der Waals surface area contributed by atoms with Gasteiger partial charge in [-0.1, -0.05) is 30.3 Å². The standard InChI is InChI=1S/C28H32F2N4O/c1-16-13-22(20-9-10-24(29)25(30)14-20)23(15-32-16)28-26(19-7-8-19)27(33-34-28)21-6-4-3-5-18(21)11-12-31-17(2)35/h3-6,9-10,14,16,19,22-23,26,32H,7-8,11-13,15H2,1-2H3,(H,31,35)/t16-,22-,23-,26?/m0/s1. The minimum Gasteiger partial charge on any atom is -0.356 e. The van der Waals surface area contributed by atoms with E-state index in [4.69, 9.17) is 10.2 Å². The minimum absolute atomic E-state index is 0.0375. The van der Waals surface area contributed by atoms with Gasteiger partial charge >= 0.3 is 0 Å². The van der Waals surface area contributed by atoms with Crippen molar-refractivity contribution >= 4 is 17.3 Å². The van der Waals surface area contributed by atoms with Crippen molar-refractivity contribution in [3.8, 4) is 0 Å². The average Bonchev–Trinajstić information content (AvgIpc) is 3.59. The molecule has 0 radical (unpaired) electrons. The first-order valence-corrected chi connectivity index (χ1v) is 12.6. The van der Waals surface area contributed by atoms with Gasteiger partial charge in [-0.3, -0.25) is 4.79 Å². The van der Waals surface area contributed by atoms with Crippen molar-refractivity contribution in [2.75, 3.05) is 13.1 Å². The lowest BCUT2D eigenvalue weighted by Gasteiger charge is -2.38. The predicted octanol–water partition coefficient (Wildman–Crippen LogP) is 4.61. The molecule has 0 aromatic heterocycles. The molecule has 1 saturated carbocycles. The molecule has 2 heterocycles. The summed E-state index contributed by atoms with van der Waals surface area (Å²) in [5.74, 6) is -0.912. The molecule has 7 heteroatoms. The van der Waals surface area contributed by atoms with Crippen LogP contribution < -0.4 is 10.6 Å². The van der Waals surface area contributed by atoms with Gasteiger partial charge in [0.25, 0.3) is 0 Å². The molecule has 2 fully saturated rings. The number of amides is 1. The Balaban J connectivity index is 1.44. The van der Waals surface area contributed by atoms with E-state index in [1.807, 2.05) is 12.1 Å². The molecule has 1 unspecified atom stereocenters. The largest absolute Gasteiger partial charge is 0.356 e. The van der Waals surface area contributed by atoms with Crippen molar-refractivity contribution in [2.24, 2.45) is 28.0 Å². The highest BCUT2D eigenvalue weighted by atomic mass is 19.2. The van der Waals surface area contributed by atoms with E-state index in [1.165, 1.54) is 19.1 Å². The summed E-state index contributed by atoms with van der Waals surface area (Å²) in [5.41, 5.74) is 5.13. The Labute approximate surface area is 205 Å². The number of hydrogen-bond acceptors (Lipinski definition) is 4. The van der Waals surface area contributed by atoms with Crippen LogP contribution in [0, 0.1) is 29.4 Å². The third kappa shape index (κ3) is 5.06. The highest BCUT2D eigenvalue weighted by Gasteiger charge is 2.46. The van der Waals surface area contributed by atoms with Crippen LogP contribution in [0.1, 0.15) is 55.7 Å². The van der Waals surface area contributed by atoms with Crippen molar-refractivity contribution < 1.29 is 13.6 Å². The number of benzene rings is 2. The summed E-state index contributed by atoms with van der Waals surface area (Å²) in [6.45, 7) is 4.97. The predicted molar refractivity (Wildman–Crippen MR) is 134 cm³/mol. The molecule has 5 nitrogen and oxygen atoms in total. The summed E-state index contributed by atoms with van der Waals surface area (Å²) < 4.78 is 27.8. The van der Waals surface area contributed by atoms with Crippen LogP contribution in [0.4, 0.5) is 8.78 Å². The maximum atomic E-state index is 14.2. The van der Waals surface area contributed by atoms with Crippen molar-refractivity contribution in [3.05, 3.63) is 70.8 Å². The molecule has 1 amide bonds. The highest BCUT2D eigenvalue weighted by Crippen LogP contribution is 2.46. The molecule has 2 aliphatic heterocycles. The van der Waals surface area contributed by atoms with E-state index >= 15 is 0 Å². The number of halogens is 2. The summed E-state index contributed by atoms with van der Waals surface area (Å²) in [7, 11) is 0. The molecule has 3 aliphatic rings. The van der Waals surface area contributed by atoms with Crippen LogP contribution in [0.5, 0.6) is 0 Å². The Bertz CT molecular complexity index is 1170. The Hall–Kier alpha value is -2.93. The van der Waals surface area contributed by atoms with Gasteiger partial charge in [0.1, 0.15) is 0 Å². The van der Waals surface area contributed by atoms with E-state index in [9.17, 15) is 13.6 Å². The van der Waals surface area contributed by atoms with Crippen LogP contribution in [0.25, 0.3) is 0 Å². The molecular formula is C28H32F2N4O. The zero-order valence-corrected chi connectivity index (χ0v) is 20.2. The molecule has 184 valence electrons. The second-order valence-electron chi connectivity index (χ2n) is 10.1. The molecule has 2 aromatic carbocycles. The maximum absolute atomic E-state index is 14.2. The van der Waals surface area contributed by atoms with Gasteiger partial charge in [-0.2, -0.15) is 10.2 Å². The van der Waals surface area contributed by atoms with Gasteiger partial charge in [0.15, 0.2) is 11.6 Å². The Kier molecular flexibility index (Phi) is 6.78. The molecule has 0 spiro atoms. The molecule has 5 rings (SSSR count). The summed E-state index contributed by atoms with van der Waals surface area (Å²) in [6, 6.07) is 12.8. The van der Waals surface area contributed by atoms with Crippen molar-refractivity contribution in [1.82, 2.24) is 10.6 Å². The summed E-state index contributed by atoms with van der Waals surface area (Å²) >= 11 is 0. The zero-order chi connectivity index (χ0) is 24.5. The monoisotopic (exact) mass is 478 g/mol. The van der Waals surface area contributed by atoms with Gasteiger partial charge in [0.2, 0.25) is 5.91 Å². The second-order valence-corrected chi connectivity index (χ2v) is 10.1. The maximum Gasteiger partial charge on any atom is 0.216 e. The molecular weight excluding hydrogens is 446 g/mol. The number of nitrogens with zero attached hydrogens (tertiary/aromatic N) is 2. The zero-order valence-electron chi connectivity index (χ0n) is 20.2. The van der Waals surface area contributed by atoms with Crippen molar-refractivity contribution in [2.45, 2.75) is 51.5 Å². The average molecular weight is 479 g/mol. The first-order chi connectivity index (χ1) is 16.9. The number of carbonyl (C=O) groups excluding carboxylic acids is 1. The lowest BCUT2D eigenvalue weighted by atomic mass is 9.71. The van der Waals surface area contributed by atoms with Gasteiger partial charge in [0, 0.05) is 43.5 Å². The summed E-state index contributed by atoms with van der Waals surface area (Å²) in [4.78, 5) is 11.3. The van der Waals surface area contributed by atoms with Crippen LogP contribution in [-0.2, 0) is 11.2 Å².